The normalized spacial score (nSPS) is 30.4. The van der Waals surface area contributed by atoms with Crippen LogP contribution in [0, 0.1) is 0 Å². The summed E-state index contributed by atoms with van der Waals surface area (Å²) in [5.74, 6) is 0.878. The van der Waals surface area contributed by atoms with E-state index in [1.165, 1.54) is 57.2 Å². The van der Waals surface area contributed by atoms with Gasteiger partial charge in [0, 0.05) is 18.6 Å². The van der Waals surface area contributed by atoms with Gasteiger partial charge in [0.15, 0.2) is 0 Å². The van der Waals surface area contributed by atoms with Gasteiger partial charge in [0.2, 0.25) is 0 Å². The average Bonchev–Trinajstić information content (AvgIpc) is 3.23. The van der Waals surface area contributed by atoms with Gasteiger partial charge in [-0.05, 0) is 68.7 Å². The summed E-state index contributed by atoms with van der Waals surface area (Å²) in [4.78, 5) is 2.70. The van der Waals surface area contributed by atoms with Crippen molar-refractivity contribution < 1.29 is 0 Å². The summed E-state index contributed by atoms with van der Waals surface area (Å²) in [7, 11) is 0. The first-order valence-electron chi connectivity index (χ1n) is 8.45. The number of hydrogen-bond donors (Lipinski definition) is 1. The van der Waals surface area contributed by atoms with Crippen LogP contribution in [0.5, 0.6) is 0 Å². The molecule has 0 amide bonds. The van der Waals surface area contributed by atoms with Gasteiger partial charge in [0.05, 0.1) is 0 Å². The van der Waals surface area contributed by atoms with E-state index in [-0.39, 0.29) is 0 Å². The van der Waals surface area contributed by atoms with Crippen LogP contribution < -0.4 is 5.32 Å². The van der Waals surface area contributed by atoms with Crippen molar-refractivity contribution in [3.05, 3.63) is 35.4 Å². The Balaban J connectivity index is 1.29. The fraction of sp³-hybridized carbons (Fsp3) is 0.667. The topological polar surface area (TPSA) is 15.3 Å². The molecule has 2 atom stereocenters. The molecule has 3 fully saturated rings. The molecule has 3 aliphatic rings. The predicted molar refractivity (Wildman–Crippen MR) is 82.9 cm³/mol. The molecule has 1 aliphatic carbocycles. The Morgan fingerprint density at radius 3 is 2.65 bits per heavy atom. The first-order chi connectivity index (χ1) is 9.88. The van der Waals surface area contributed by atoms with E-state index in [9.17, 15) is 0 Å². The highest BCUT2D eigenvalue weighted by Crippen LogP contribution is 2.39. The lowest BCUT2D eigenvalue weighted by molar-refractivity contribution is 0.166. The highest BCUT2D eigenvalue weighted by molar-refractivity contribution is 5.28. The summed E-state index contributed by atoms with van der Waals surface area (Å²) in [6.45, 7) is 3.70. The maximum Gasteiger partial charge on any atom is 0.0208 e. The quantitative estimate of drug-likeness (QED) is 0.903. The molecular formula is C18H26N2. The number of hydrogen-bond acceptors (Lipinski definition) is 2. The van der Waals surface area contributed by atoms with Crippen molar-refractivity contribution in [2.45, 2.75) is 63.1 Å². The van der Waals surface area contributed by atoms with E-state index in [4.69, 9.17) is 0 Å². The van der Waals surface area contributed by atoms with E-state index in [0.717, 1.165) is 24.5 Å². The molecule has 1 saturated carbocycles. The standard InChI is InChI=1S/C18H26N2/c1-2-18-12-17(9-11-20(18)10-1)19-13-14-3-5-15(6-4-14)16-7-8-16/h3-6,16-19H,1-2,7-13H2. The van der Waals surface area contributed by atoms with Crippen LogP contribution in [-0.2, 0) is 6.54 Å². The SMILES string of the molecule is c1cc(C2CC2)ccc1CNC1CCN2CCCC2C1. The molecule has 20 heavy (non-hydrogen) atoms. The van der Waals surface area contributed by atoms with Gasteiger partial charge in [0.25, 0.3) is 0 Å². The molecule has 2 unspecified atom stereocenters. The van der Waals surface area contributed by atoms with Crippen LogP contribution in [0.2, 0.25) is 0 Å². The fourth-order valence-corrected chi connectivity index (χ4v) is 4.00. The van der Waals surface area contributed by atoms with E-state index in [1.54, 1.807) is 5.56 Å². The van der Waals surface area contributed by atoms with Gasteiger partial charge in [-0.1, -0.05) is 24.3 Å². The molecule has 2 heteroatoms. The van der Waals surface area contributed by atoms with Crippen molar-refractivity contribution >= 4 is 0 Å². The Hall–Kier alpha value is -0.860. The first-order valence-corrected chi connectivity index (χ1v) is 8.45. The van der Waals surface area contributed by atoms with Crippen molar-refractivity contribution in [2.24, 2.45) is 0 Å². The molecule has 1 aromatic rings. The zero-order valence-corrected chi connectivity index (χ0v) is 12.4. The highest BCUT2D eigenvalue weighted by atomic mass is 15.2. The summed E-state index contributed by atoms with van der Waals surface area (Å²) < 4.78 is 0. The molecule has 2 aliphatic heterocycles. The number of nitrogens with one attached hydrogen (secondary N) is 1. The molecule has 0 aromatic heterocycles. The molecule has 2 nitrogen and oxygen atoms in total. The Kier molecular flexibility index (Phi) is 3.53. The summed E-state index contributed by atoms with van der Waals surface area (Å²) in [6, 6.07) is 10.9. The van der Waals surface area contributed by atoms with Crippen LogP contribution in [-0.4, -0.2) is 30.1 Å². The smallest absolute Gasteiger partial charge is 0.0208 e. The van der Waals surface area contributed by atoms with Crippen molar-refractivity contribution in [1.29, 1.82) is 0 Å². The van der Waals surface area contributed by atoms with E-state index >= 15 is 0 Å². The number of benzene rings is 1. The lowest BCUT2D eigenvalue weighted by atomic mass is 9.97. The first kappa shape index (κ1) is 12.8. The minimum absolute atomic E-state index is 0.734. The number of fused-ring (bicyclic) bond motifs is 1. The van der Waals surface area contributed by atoms with E-state index in [0.29, 0.717) is 0 Å². The Morgan fingerprint density at radius 1 is 1.00 bits per heavy atom. The van der Waals surface area contributed by atoms with Crippen LogP contribution in [0.15, 0.2) is 24.3 Å². The van der Waals surface area contributed by atoms with Gasteiger partial charge in [-0.25, -0.2) is 0 Å². The molecule has 2 heterocycles. The summed E-state index contributed by atoms with van der Waals surface area (Å²) >= 11 is 0. The van der Waals surface area contributed by atoms with Crippen LogP contribution in [0.4, 0.5) is 0 Å². The Morgan fingerprint density at radius 2 is 1.85 bits per heavy atom. The third kappa shape index (κ3) is 2.77. The van der Waals surface area contributed by atoms with E-state index < -0.39 is 0 Å². The number of piperidine rings is 1. The molecular weight excluding hydrogens is 244 g/mol. The van der Waals surface area contributed by atoms with Crippen LogP contribution >= 0.6 is 0 Å². The van der Waals surface area contributed by atoms with Crippen molar-refractivity contribution in [1.82, 2.24) is 10.2 Å². The van der Waals surface area contributed by atoms with Crippen LogP contribution in [0.3, 0.4) is 0 Å². The lowest BCUT2D eigenvalue weighted by Crippen LogP contribution is -2.45. The largest absolute Gasteiger partial charge is 0.310 e. The third-order valence-electron chi connectivity index (χ3n) is 5.44. The van der Waals surface area contributed by atoms with Crippen LogP contribution in [0.25, 0.3) is 0 Å². The molecule has 0 bridgehead atoms. The second kappa shape index (κ2) is 5.50. The predicted octanol–water partition coefficient (Wildman–Crippen LogP) is 3.28. The average molecular weight is 270 g/mol. The highest BCUT2D eigenvalue weighted by Gasteiger charge is 2.31. The van der Waals surface area contributed by atoms with Gasteiger partial charge in [0.1, 0.15) is 0 Å². The number of nitrogens with zero attached hydrogens (tertiary/aromatic N) is 1. The van der Waals surface area contributed by atoms with Gasteiger partial charge in [-0.3, -0.25) is 0 Å². The second-order valence-corrected chi connectivity index (χ2v) is 6.95. The minimum Gasteiger partial charge on any atom is -0.310 e. The summed E-state index contributed by atoms with van der Waals surface area (Å²) in [5, 5.41) is 3.79. The maximum absolute atomic E-state index is 3.79. The lowest BCUT2D eigenvalue weighted by Gasteiger charge is -2.35. The molecule has 0 radical (unpaired) electrons. The van der Waals surface area contributed by atoms with Gasteiger partial charge >= 0.3 is 0 Å². The Labute approximate surface area is 122 Å². The van der Waals surface area contributed by atoms with Gasteiger partial charge in [-0.2, -0.15) is 0 Å². The molecule has 4 rings (SSSR count). The van der Waals surface area contributed by atoms with Gasteiger partial charge < -0.3 is 10.2 Å². The second-order valence-electron chi connectivity index (χ2n) is 6.95. The minimum atomic E-state index is 0.734. The van der Waals surface area contributed by atoms with Crippen molar-refractivity contribution in [2.75, 3.05) is 13.1 Å². The Bertz CT molecular complexity index is 449. The molecule has 2 saturated heterocycles. The zero-order valence-electron chi connectivity index (χ0n) is 12.4. The van der Waals surface area contributed by atoms with Crippen molar-refractivity contribution in [3.8, 4) is 0 Å². The van der Waals surface area contributed by atoms with Crippen LogP contribution in [0.1, 0.15) is 55.6 Å². The van der Waals surface area contributed by atoms with E-state index in [1.807, 2.05) is 0 Å². The summed E-state index contributed by atoms with van der Waals surface area (Å²) in [5.41, 5.74) is 3.00. The van der Waals surface area contributed by atoms with E-state index in [2.05, 4.69) is 34.5 Å². The zero-order chi connectivity index (χ0) is 13.4. The maximum atomic E-state index is 3.79. The summed E-state index contributed by atoms with van der Waals surface area (Å²) in [6.07, 6.45) is 8.33. The van der Waals surface area contributed by atoms with Crippen molar-refractivity contribution in [3.63, 3.8) is 0 Å². The molecule has 108 valence electrons. The monoisotopic (exact) mass is 270 g/mol. The molecule has 1 N–H and O–H groups in total. The molecule has 0 spiro atoms. The third-order valence-corrected chi connectivity index (χ3v) is 5.44. The fourth-order valence-electron chi connectivity index (χ4n) is 4.00. The number of rotatable bonds is 4. The van der Waals surface area contributed by atoms with Gasteiger partial charge in [-0.15, -0.1) is 0 Å². The molecule has 1 aromatic carbocycles.